The second-order valence-corrected chi connectivity index (χ2v) is 7.47. The SMILES string of the molecule is CC(C)NC(C)(C)c1nnc(C2CC2)n1CCc1ccccc1. The van der Waals surface area contributed by atoms with Crippen molar-refractivity contribution in [2.75, 3.05) is 0 Å². The van der Waals surface area contributed by atoms with Gasteiger partial charge in [0.25, 0.3) is 0 Å². The number of nitrogens with one attached hydrogen (secondary N) is 1. The zero-order chi connectivity index (χ0) is 16.4. The summed E-state index contributed by atoms with van der Waals surface area (Å²) in [5.41, 5.74) is 1.19. The summed E-state index contributed by atoms with van der Waals surface area (Å²) >= 11 is 0. The van der Waals surface area contributed by atoms with Crippen LogP contribution >= 0.6 is 0 Å². The molecular weight excluding hydrogens is 284 g/mol. The van der Waals surface area contributed by atoms with Gasteiger partial charge in [0.1, 0.15) is 5.82 Å². The minimum Gasteiger partial charge on any atom is -0.313 e. The normalized spacial score (nSPS) is 15.3. The Kier molecular flexibility index (Phi) is 4.53. The first kappa shape index (κ1) is 16.2. The van der Waals surface area contributed by atoms with Gasteiger partial charge in [0, 0.05) is 18.5 Å². The van der Waals surface area contributed by atoms with Gasteiger partial charge in [0.15, 0.2) is 5.82 Å². The van der Waals surface area contributed by atoms with E-state index in [0.29, 0.717) is 12.0 Å². The van der Waals surface area contributed by atoms with Gasteiger partial charge < -0.3 is 9.88 Å². The predicted molar refractivity (Wildman–Crippen MR) is 93.4 cm³/mol. The van der Waals surface area contributed by atoms with Crippen LogP contribution in [0.15, 0.2) is 30.3 Å². The van der Waals surface area contributed by atoms with Crippen molar-refractivity contribution in [2.24, 2.45) is 0 Å². The van der Waals surface area contributed by atoms with E-state index < -0.39 is 0 Å². The molecule has 4 heteroatoms. The molecule has 0 bridgehead atoms. The van der Waals surface area contributed by atoms with Crippen molar-refractivity contribution in [3.05, 3.63) is 47.5 Å². The Morgan fingerprint density at radius 2 is 1.87 bits per heavy atom. The summed E-state index contributed by atoms with van der Waals surface area (Å²) in [7, 11) is 0. The number of rotatable bonds is 7. The number of benzene rings is 1. The van der Waals surface area contributed by atoms with Crippen molar-refractivity contribution in [2.45, 2.75) is 71.0 Å². The molecule has 0 spiro atoms. The summed E-state index contributed by atoms with van der Waals surface area (Å²) < 4.78 is 2.36. The molecule has 0 unspecified atom stereocenters. The molecule has 0 saturated heterocycles. The van der Waals surface area contributed by atoms with E-state index in [0.717, 1.165) is 18.8 Å². The van der Waals surface area contributed by atoms with Crippen molar-refractivity contribution in [3.63, 3.8) is 0 Å². The van der Waals surface area contributed by atoms with Crippen LogP contribution in [0, 0.1) is 0 Å². The summed E-state index contributed by atoms with van der Waals surface area (Å²) in [6.07, 6.45) is 3.52. The van der Waals surface area contributed by atoms with Crippen LogP contribution in [-0.2, 0) is 18.5 Å². The highest BCUT2D eigenvalue weighted by molar-refractivity contribution is 5.17. The third kappa shape index (κ3) is 3.81. The first-order valence-corrected chi connectivity index (χ1v) is 8.72. The highest BCUT2D eigenvalue weighted by atomic mass is 15.3. The van der Waals surface area contributed by atoms with Crippen LogP contribution in [0.2, 0.25) is 0 Å². The van der Waals surface area contributed by atoms with E-state index in [1.807, 2.05) is 0 Å². The molecule has 23 heavy (non-hydrogen) atoms. The molecule has 1 fully saturated rings. The Hall–Kier alpha value is -1.68. The lowest BCUT2D eigenvalue weighted by molar-refractivity contribution is 0.331. The molecule has 124 valence electrons. The molecule has 3 rings (SSSR count). The van der Waals surface area contributed by atoms with Crippen LogP contribution < -0.4 is 5.32 Å². The van der Waals surface area contributed by atoms with Gasteiger partial charge in [0.05, 0.1) is 5.54 Å². The zero-order valence-electron chi connectivity index (χ0n) is 14.7. The topological polar surface area (TPSA) is 42.7 Å². The molecule has 1 saturated carbocycles. The molecule has 1 N–H and O–H groups in total. The van der Waals surface area contributed by atoms with Crippen molar-refractivity contribution < 1.29 is 0 Å². The maximum absolute atomic E-state index is 4.56. The van der Waals surface area contributed by atoms with E-state index >= 15 is 0 Å². The fourth-order valence-electron chi connectivity index (χ4n) is 3.31. The third-order valence-electron chi connectivity index (χ3n) is 4.40. The van der Waals surface area contributed by atoms with Crippen molar-refractivity contribution in [1.82, 2.24) is 20.1 Å². The molecule has 0 radical (unpaired) electrons. The Bertz CT molecular complexity index is 639. The first-order valence-electron chi connectivity index (χ1n) is 8.72. The van der Waals surface area contributed by atoms with Gasteiger partial charge in [0.2, 0.25) is 0 Å². The standard InChI is InChI=1S/C19H28N4/c1-14(2)20-19(3,4)18-22-21-17(16-10-11-16)23(18)13-12-15-8-6-5-7-9-15/h5-9,14,16,20H,10-13H2,1-4H3. The molecule has 4 nitrogen and oxygen atoms in total. The zero-order valence-corrected chi connectivity index (χ0v) is 14.7. The molecule has 1 aromatic heterocycles. The van der Waals surface area contributed by atoms with Gasteiger partial charge in [-0.25, -0.2) is 0 Å². The summed E-state index contributed by atoms with van der Waals surface area (Å²) in [6, 6.07) is 11.1. The van der Waals surface area contributed by atoms with Crippen LogP contribution in [0.5, 0.6) is 0 Å². The van der Waals surface area contributed by atoms with Crippen LogP contribution in [0.4, 0.5) is 0 Å². The van der Waals surface area contributed by atoms with Gasteiger partial charge in [-0.2, -0.15) is 0 Å². The lowest BCUT2D eigenvalue weighted by Gasteiger charge is -2.28. The fraction of sp³-hybridized carbons (Fsp3) is 0.579. The lowest BCUT2D eigenvalue weighted by atomic mass is 10.0. The van der Waals surface area contributed by atoms with Crippen LogP contribution in [-0.4, -0.2) is 20.8 Å². The highest BCUT2D eigenvalue weighted by Crippen LogP contribution is 2.40. The van der Waals surface area contributed by atoms with E-state index in [-0.39, 0.29) is 5.54 Å². The van der Waals surface area contributed by atoms with Crippen molar-refractivity contribution >= 4 is 0 Å². The average Bonchev–Trinajstić information content (AvgIpc) is 3.24. The van der Waals surface area contributed by atoms with Crippen molar-refractivity contribution in [1.29, 1.82) is 0 Å². The van der Waals surface area contributed by atoms with Gasteiger partial charge >= 0.3 is 0 Å². The van der Waals surface area contributed by atoms with Crippen LogP contribution in [0.3, 0.4) is 0 Å². The fourth-order valence-corrected chi connectivity index (χ4v) is 3.31. The summed E-state index contributed by atoms with van der Waals surface area (Å²) in [4.78, 5) is 0. The van der Waals surface area contributed by atoms with Crippen molar-refractivity contribution in [3.8, 4) is 0 Å². The van der Waals surface area contributed by atoms with E-state index in [9.17, 15) is 0 Å². The smallest absolute Gasteiger partial charge is 0.152 e. The molecule has 1 aromatic carbocycles. The molecule has 1 aliphatic carbocycles. The summed E-state index contributed by atoms with van der Waals surface area (Å²) in [6.45, 7) is 9.70. The highest BCUT2D eigenvalue weighted by Gasteiger charge is 2.34. The number of aryl methyl sites for hydroxylation is 1. The Morgan fingerprint density at radius 3 is 2.48 bits per heavy atom. The monoisotopic (exact) mass is 312 g/mol. The minimum atomic E-state index is -0.176. The quantitative estimate of drug-likeness (QED) is 0.849. The second-order valence-electron chi connectivity index (χ2n) is 7.47. The molecular formula is C19H28N4. The maximum Gasteiger partial charge on any atom is 0.152 e. The van der Waals surface area contributed by atoms with Gasteiger partial charge in [-0.05, 0) is 52.5 Å². The van der Waals surface area contributed by atoms with E-state index in [2.05, 4.69) is 78.1 Å². The van der Waals surface area contributed by atoms with Crippen LogP contribution in [0.25, 0.3) is 0 Å². The Labute approximate surface area is 139 Å². The van der Waals surface area contributed by atoms with Gasteiger partial charge in [-0.3, -0.25) is 0 Å². The predicted octanol–water partition coefficient (Wildman–Crippen LogP) is 3.63. The molecule has 0 atom stereocenters. The number of nitrogens with zero attached hydrogens (tertiary/aromatic N) is 3. The largest absolute Gasteiger partial charge is 0.313 e. The maximum atomic E-state index is 4.56. The Balaban J connectivity index is 1.85. The average molecular weight is 312 g/mol. The number of hydrogen-bond donors (Lipinski definition) is 1. The molecule has 1 heterocycles. The van der Waals surface area contributed by atoms with Crippen LogP contribution in [0.1, 0.15) is 63.7 Å². The summed E-state index contributed by atoms with van der Waals surface area (Å²) in [5.74, 6) is 2.85. The minimum absolute atomic E-state index is 0.176. The number of hydrogen-bond acceptors (Lipinski definition) is 3. The van der Waals surface area contributed by atoms with E-state index in [4.69, 9.17) is 0 Å². The molecule has 0 amide bonds. The van der Waals surface area contributed by atoms with E-state index in [1.54, 1.807) is 0 Å². The first-order chi connectivity index (χ1) is 11.0. The molecule has 0 aliphatic heterocycles. The summed E-state index contributed by atoms with van der Waals surface area (Å²) in [5, 5.41) is 12.7. The Morgan fingerprint density at radius 1 is 1.17 bits per heavy atom. The van der Waals surface area contributed by atoms with E-state index in [1.165, 1.54) is 24.2 Å². The third-order valence-corrected chi connectivity index (χ3v) is 4.40. The van der Waals surface area contributed by atoms with Gasteiger partial charge in [-0.15, -0.1) is 10.2 Å². The lowest BCUT2D eigenvalue weighted by Crippen LogP contribution is -2.43. The molecule has 1 aliphatic rings. The number of aromatic nitrogens is 3. The van der Waals surface area contributed by atoms with Gasteiger partial charge in [-0.1, -0.05) is 30.3 Å². The molecule has 2 aromatic rings. The second kappa shape index (κ2) is 6.44.